The van der Waals surface area contributed by atoms with Gasteiger partial charge in [-0.05, 0) is 37.5 Å². The van der Waals surface area contributed by atoms with Gasteiger partial charge in [-0.15, -0.1) is 5.10 Å². The second-order valence-corrected chi connectivity index (χ2v) is 6.12. The van der Waals surface area contributed by atoms with Gasteiger partial charge < -0.3 is 9.64 Å². The van der Waals surface area contributed by atoms with Gasteiger partial charge in [-0.2, -0.15) is 4.98 Å². The molecule has 0 radical (unpaired) electrons. The number of anilines is 1. The minimum absolute atomic E-state index is 0.735. The molecular formula is C18H21N5O. The molecule has 1 saturated heterocycles. The predicted molar refractivity (Wildman–Crippen MR) is 94.4 cm³/mol. The summed E-state index contributed by atoms with van der Waals surface area (Å²) in [5.74, 6) is 2.44. The van der Waals surface area contributed by atoms with Gasteiger partial charge in [-0.1, -0.05) is 6.07 Å². The number of fused-ring (bicyclic) bond motifs is 1. The molecule has 1 aliphatic heterocycles. The highest BCUT2D eigenvalue weighted by Crippen LogP contribution is 2.32. The fourth-order valence-corrected chi connectivity index (χ4v) is 3.37. The first-order chi connectivity index (χ1) is 11.8. The molecular weight excluding hydrogens is 302 g/mol. The van der Waals surface area contributed by atoms with Crippen LogP contribution in [-0.4, -0.2) is 39.9 Å². The number of pyridine rings is 1. The summed E-state index contributed by atoms with van der Waals surface area (Å²) in [4.78, 5) is 11.6. The Kier molecular flexibility index (Phi) is 3.80. The Morgan fingerprint density at radius 1 is 1.08 bits per heavy atom. The predicted octanol–water partition coefficient (Wildman–Crippen LogP) is 3.03. The molecule has 1 fully saturated rings. The summed E-state index contributed by atoms with van der Waals surface area (Å²) in [6, 6.07) is 7.91. The first-order valence-corrected chi connectivity index (χ1v) is 8.36. The third-order valence-corrected chi connectivity index (χ3v) is 4.57. The quantitative estimate of drug-likeness (QED) is 0.741. The zero-order valence-electron chi connectivity index (χ0n) is 14.1. The highest BCUT2D eigenvalue weighted by atomic mass is 16.5. The Labute approximate surface area is 141 Å². The van der Waals surface area contributed by atoms with Gasteiger partial charge in [-0.3, -0.25) is 4.98 Å². The number of rotatable bonds is 3. The molecule has 0 atom stereocenters. The van der Waals surface area contributed by atoms with Gasteiger partial charge >= 0.3 is 0 Å². The number of hydrogen-bond donors (Lipinski definition) is 0. The topological polar surface area (TPSA) is 56.1 Å². The van der Waals surface area contributed by atoms with Crippen LogP contribution in [0.4, 0.5) is 5.95 Å². The fraction of sp³-hybridized carbons (Fsp3) is 0.389. The molecule has 0 amide bonds. The number of ether oxygens (including phenoxy) is 1. The van der Waals surface area contributed by atoms with Gasteiger partial charge in [0.2, 0.25) is 5.95 Å². The lowest BCUT2D eigenvalue weighted by Gasteiger charge is -2.26. The Morgan fingerprint density at radius 3 is 2.71 bits per heavy atom. The van der Waals surface area contributed by atoms with Crippen molar-refractivity contribution < 1.29 is 4.74 Å². The van der Waals surface area contributed by atoms with Crippen molar-refractivity contribution >= 4 is 16.9 Å². The Balaban J connectivity index is 1.81. The van der Waals surface area contributed by atoms with Crippen molar-refractivity contribution in [2.24, 2.45) is 7.05 Å². The minimum atomic E-state index is 0.735. The van der Waals surface area contributed by atoms with Crippen molar-refractivity contribution in [3.8, 4) is 17.1 Å². The van der Waals surface area contributed by atoms with Crippen LogP contribution in [-0.2, 0) is 7.05 Å². The molecule has 1 aliphatic rings. The van der Waals surface area contributed by atoms with E-state index in [0.717, 1.165) is 47.1 Å². The second kappa shape index (κ2) is 6.11. The molecule has 124 valence electrons. The van der Waals surface area contributed by atoms with E-state index in [1.165, 1.54) is 19.3 Å². The highest BCUT2D eigenvalue weighted by molar-refractivity contribution is 5.96. The van der Waals surface area contributed by atoms with Gasteiger partial charge in [0.25, 0.3) is 0 Å². The van der Waals surface area contributed by atoms with E-state index in [-0.39, 0.29) is 0 Å². The molecule has 0 saturated carbocycles. The number of piperidine rings is 1. The zero-order chi connectivity index (χ0) is 16.5. The Hall–Kier alpha value is -2.63. The SMILES string of the molecule is COc1ccc(-c2nc(N3CCCCC3)n(C)n2)c2cccnc12. The van der Waals surface area contributed by atoms with Crippen molar-refractivity contribution in [3.63, 3.8) is 0 Å². The van der Waals surface area contributed by atoms with Gasteiger partial charge in [0, 0.05) is 37.3 Å². The summed E-state index contributed by atoms with van der Waals surface area (Å²) in [6.45, 7) is 2.10. The van der Waals surface area contributed by atoms with E-state index >= 15 is 0 Å². The Bertz CT molecular complexity index is 867. The van der Waals surface area contributed by atoms with Gasteiger partial charge in [-0.25, -0.2) is 4.68 Å². The standard InChI is InChI=1S/C18H21N5O/c1-22-18(23-11-4-3-5-12-23)20-17(21-22)14-8-9-15(24-2)16-13(14)7-6-10-19-16/h6-10H,3-5,11-12H2,1-2H3. The molecule has 6 heteroatoms. The molecule has 0 bridgehead atoms. The van der Waals surface area contributed by atoms with Gasteiger partial charge in [0.05, 0.1) is 7.11 Å². The van der Waals surface area contributed by atoms with Crippen molar-refractivity contribution in [1.82, 2.24) is 19.7 Å². The van der Waals surface area contributed by atoms with Crippen molar-refractivity contribution in [2.45, 2.75) is 19.3 Å². The molecule has 3 aromatic rings. The third kappa shape index (κ3) is 2.48. The first-order valence-electron chi connectivity index (χ1n) is 8.36. The Morgan fingerprint density at radius 2 is 1.92 bits per heavy atom. The van der Waals surface area contributed by atoms with E-state index in [2.05, 4.69) is 15.0 Å². The van der Waals surface area contributed by atoms with Crippen LogP contribution < -0.4 is 9.64 Å². The summed E-state index contributed by atoms with van der Waals surface area (Å²) in [5, 5.41) is 5.66. The van der Waals surface area contributed by atoms with E-state index in [0.29, 0.717) is 0 Å². The summed E-state index contributed by atoms with van der Waals surface area (Å²) in [6.07, 6.45) is 5.52. The summed E-state index contributed by atoms with van der Waals surface area (Å²) >= 11 is 0. The molecule has 0 spiro atoms. The minimum Gasteiger partial charge on any atom is -0.494 e. The third-order valence-electron chi connectivity index (χ3n) is 4.57. The molecule has 4 rings (SSSR count). The highest BCUT2D eigenvalue weighted by Gasteiger charge is 2.19. The zero-order valence-corrected chi connectivity index (χ0v) is 14.1. The van der Waals surface area contributed by atoms with Crippen LogP contribution in [0.5, 0.6) is 5.75 Å². The maximum Gasteiger partial charge on any atom is 0.224 e. The van der Waals surface area contributed by atoms with Crippen molar-refractivity contribution in [2.75, 3.05) is 25.1 Å². The molecule has 0 aliphatic carbocycles. The van der Waals surface area contributed by atoms with Crippen LogP contribution >= 0.6 is 0 Å². The van der Waals surface area contributed by atoms with E-state index < -0.39 is 0 Å². The van der Waals surface area contributed by atoms with Crippen LogP contribution in [0.15, 0.2) is 30.5 Å². The van der Waals surface area contributed by atoms with Crippen LogP contribution in [0.3, 0.4) is 0 Å². The number of benzene rings is 1. The fourth-order valence-electron chi connectivity index (χ4n) is 3.37. The average molecular weight is 323 g/mol. The number of nitrogens with zero attached hydrogens (tertiary/aromatic N) is 5. The molecule has 2 aromatic heterocycles. The summed E-state index contributed by atoms with van der Waals surface area (Å²) in [5.41, 5.74) is 1.82. The average Bonchev–Trinajstić information content (AvgIpc) is 3.03. The monoisotopic (exact) mass is 323 g/mol. The number of aromatic nitrogens is 4. The van der Waals surface area contributed by atoms with Crippen LogP contribution in [0.2, 0.25) is 0 Å². The van der Waals surface area contributed by atoms with Crippen molar-refractivity contribution in [1.29, 1.82) is 0 Å². The van der Waals surface area contributed by atoms with E-state index in [1.807, 2.05) is 36.0 Å². The molecule has 0 N–H and O–H groups in total. The summed E-state index contributed by atoms with van der Waals surface area (Å²) in [7, 11) is 3.63. The van der Waals surface area contributed by atoms with Crippen LogP contribution in [0, 0.1) is 0 Å². The van der Waals surface area contributed by atoms with Crippen LogP contribution in [0.1, 0.15) is 19.3 Å². The lowest BCUT2D eigenvalue weighted by molar-refractivity contribution is 0.419. The maximum atomic E-state index is 5.43. The van der Waals surface area contributed by atoms with Crippen LogP contribution in [0.25, 0.3) is 22.3 Å². The lowest BCUT2D eigenvalue weighted by Crippen LogP contribution is -2.31. The largest absolute Gasteiger partial charge is 0.494 e. The molecule has 1 aromatic carbocycles. The van der Waals surface area contributed by atoms with E-state index in [1.54, 1.807) is 13.3 Å². The maximum absolute atomic E-state index is 5.43. The van der Waals surface area contributed by atoms with E-state index in [9.17, 15) is 0 Å². The first kappa shape index (κ1) is 14.9. The van der Waals surface area contributed by atoms with E-state index in [4.69, 9.17) is 9.72 Å². The number of hydrogen-bond acceptors (Lipinski definition) is 5. The van der Waals surface area contributed by atoms with Gasteiger partial charge in [0.15, 0.2) is 5.82 Å². The molecule has 6 nitrogen and oxygen atoms in total. The lowest BCUT2D eigenvalue weighted by atomic mass is 10.1. The normalized spacial score (nSPS) is 15.0. The molecule has 3 heterocycles. The van der Waals surface area contributed by atoms with Crippen molar-refractivity contribution in [3.05, 3.63) is 30.5 Å². The summed E-state index contributed by atoms with van der Waals surface area (Å²) < 4.78 is 7.31. The molecule has 24 heavy (non-hydrogen) atoms. The number of methoxy groups -OCH3 is 1. The number of aryl methyl sites for hydroxylation is 1. The van der Waals surface area contributed by atoms with Gasteiger partial charge in [0.1, 0.15) is 11.3 Å². The smallest absolute Gasteiger partial charge is 0.224 e. The molecule has 0 unspecified atom stereocenters. The second-order valence-electron chi connectivity index (χ2n) is 6.12.